The van der Waals surface area contributed by atoms with E-state index in [-0.39, 0.29) is 0 Å². The fraction of sp³-hybridized carbons (Fsp3) is 0.692. The minimum absolute atomic E-state index is 0.636. The zero-order valence-electron chi connectivity index (χ0n) is 11.6. The predicted molar refractivity (Wildman–Crippen MR) is 79.7 cm³/mol. The number of H-pyrrole nitrogens is 1. The van der Waals surface area contributed by atoms with E-state index in [9.17, 15) is 0 Å². The van der Waals surface area contributed by atoms with Crippen LogP contribution in [0.4, 0.5) is 5.82 Å². The summed E-state index contributed by atoms with van der Waals surface area (Å²) in [6, 6.07) is 1.87. The summed E-state index contributed by atoms with van der Waals surface area (Å²) in [6.07, 6.45) is 2.39. The van der Waals surface area contributed by atoms with Crippen molar-refractivity contribution in [3.05, 3.63) is 16.5 Å². The molecule has 1 heterocycles. The van der Waals surface area contributed by atoms with E-state index in [1.807, 2.05) is 13.0 Å². The molecular formula is C13H24N4S. The van der Waals surface area contributed by atoms with Gasteiger partial charge in [-0.25, -0.2) is 4.98 Å². The third-order valence-corrected chi connectivity index (χ3v) is 3.18. The van der Waals surface area contributed by atoms with Gasteiger partial charge < -0.3 is 15.2 Å². The van der Waals surface area contributed by atoms with Gasteiger partial charge in [-0.3, -0.25) is 0 Å². The molecule has 0 aromatic carbocycles. The summed E-state index contributed by atoms with van der Waals surface area (Å²) < 4.78 is 0.636. The molecule has 18 heavy (non-hydrogen) atoms. The molecule has 0 amide bonds. The smallest absolute Gasteiger partial charge is 0.131 e. The van der Waals surface area contributed by atoms with Crippen molar-refractivity contribution < 1.29 is 0 Å². The van der Waals surface area contributed by atoms with Gasteiger partial charge in [0.15, 0.2) is 0 Å². The Labute approximate surface area is 115 Å². The van der Waals surface area contributed by atoms with Crippen molar-refractivity contribution in [3.8, 4) is 0 Å². The van der Waals surface area contributed by atoms with Crippen molar-refractivity contribution in [3.63, 3.8) is 0 Å². The zero-order chi connectivity index (χ0) is 13.4. The second-order valence-corrected chi connectivity index (χ2v) is 4.80. The standard InChI is InChI=1S/C13H24N4S/c1-4-17(5-2)9-7-6-8-14-12-10-13(18)16-11(3)15-12/h10H,4-9H2,1-3H3,(H2,14,15,16,18). The summed E-state index contributed by atoms with van der Waals surface area (Å²) in [5, 5.41) is 3.36. The average molecular weight is 268 g/mol. The largest absolute Gasteiger partial charge is 0.372 e. The van der Waals surface area contributed by atoms with Crippen LogP contribution in [0.15, 0.2) is 6.07 Å². The van der Waals surface area contributed by atoms with Crippen molar-refractivity contribution in [2.75, 3.05) is 31.5 Å². The number of nitrogens with zero attached hydrogens (tertiary/aromatic N) is 2. The topological polar surface area (TPSA) is 44.0 Å². The van der Waals surface area contributed by atoms with Crippen LogP contribution < -0.4 is 5.32 Å². The highest BCUT2D eigenvalue weighted by atomic mass is 32.1. The van der Waals surface area contributed by atoms with Gasteiger partial charge in [0.05, 0.1) is 0 Å². The van der Waals surface area contributed by atoms with Gasteiger partial charge in [-0.05, 0) is 39.4 Å². The Morgan fingerprint density at radius 1 is 1.33 bits per heavy atom. The molecular weight excluding hydrogens is 244 g/mol. The SMILES string of the molecule is CCN(CC)CCCCNc1cc(=S)nc(C)[nH]1. The maximum atomic E-state index is 5.08. The van der Waals surface area contributed by atoms with E-state index in [4.69, 9.17) is 12.2 Å². The lowest BCUT2D eigenvalue weighted by molar-refractivity contribution is 0.298. The minimum atomic E-state index is 0.636. The monoisotopic (exact) mass is 268 g/mol. The molecule has 0 aliphatic carbocycles. The first-order valence-electron chi connectivity index (χ1n) is 6.70. The Hall–Kier alpha value is -0.940. The molecule has 0 unspecified atom stereocenters. The molecule has 5 heteroatoms. The van der Waals surface area contributed by atoms with Gasteiger partial charge >= 0.3 is 0 Å². The summed E-state index contributed by atoms with van der Waals surface area (Å²) >= 11 is 5.08. The quantitative estimate of drug-likeness (QED) is 0.562. The Balaban J connectivity index is 2.23. The molecule has 2 N–H and O–H groups in total. The normalized spacial score (nSPS) is 10.9. The number of aromatic nitrogens is 2. The third kappa shape index (κ3) is 5.60. The van der Waals surface area contributed by atoms with E-state index < -0.39 is 0 Å². The number of rotatable bonds is 8. The highest BCUT2D eigenvalue weighted by Crippen LogP contribution is 2.04. The predicted octanol–water partition coefficient (Wildman–Crippen LogP) is 2.98. The lowest BCUT2D eigenvalue weighted by atomic mass is 10.3. The zero-order valence-corrected chi connectivity index (χ0v) is 12.4. The first-order valence-corrected chi connectivity index (χ1v) is 7.10. The number of hydrogen-bond donors (Lipinski definition) is 2. The van der Waals surface area contributed by atoms with Crippen LogP contribution in [0.2, 0.25) is 0 Å². The van der Waals surface area contributed by atoms with E-state index >= 15 is 0 Å². The molecule has 0 aliphatic rings. The molecule has 1 aromatic rings. The van der Waals surface area contributed by atoms with E-state index in [0.717, 1.165) is 31.3 Å². The lowest BCUT2D eigenvalue weighted by Gasteiger charge is -2.17. The highest BCUT2D eigenvalue weighted by molar-refractivity contribution is 7.71. The molecule has 4 nitrogen and oxygen atoms in total. The van der Waals surface area contributed by atoms with E-state index in [1.54, 1.807) is 0 Å². The summed E-state index contributed by atoms with van der Waals surface area (Å²) in [6.45, 7) is 10.8. The maximum Gasteiger partial charge on any atom is 0.131 e. The number of aryl methyl sites for hydroxylation is 1. The van der Waals surface area contributed by atoms with Gasteiger partial charge in [0.1, 0.15) is 16.3 Å². The second-order valence-electron chi connectivity index (χ2n) is 4.38. The average Bonchev–Trinajstić information content (AvgIpc) is 2.32. The number of nitrogens with one attached hydrogen (secondary N) is 2. The van der Waals surface area contributed by atoms with Gasteiger partial charge in [-0.15, -0.1) is 0 Å². The van der Waals surface area contributed by atoms with Crippen molar-refractivity contribution in [2.45, 2.75) is 33.6 Å². The third-order valence-electron chi connectivity index (χ3n) is 2.97. The van der Waals surface area contributed by atoms with Crippen LogP contribution in [0.3, 0.4) is 0 Å². The van der Waals surface area contributed by atoms with Crippen LogP contribution in [0.25, 0.3) is 0 Å². The van der Waals surface area contributed by atoms with Crippen molar-refractivity contribution in [2.24, 2.45) is 0 Å². The minimum Gasteiger partial charge on any atom is -0.372 e. The van der Waals surface area contributed by atoms with E-state index in [2.05, 4.69) is 34.0 Å². The van der Waals surface area contributed by atoms with Gasteiger partial charge in [-0.1, -0.05) is 26.1 Å². The van der Waals surface area contributed by atoms with Gasteiger partial charge in [0.25, 0.3) is 0 Å². The molecule has 0 spiro atoms. The molecule has 0 fully saturated rings. The lowest BCUT2D eigenvalue weighted by Crippen LogP contribution is -2.24. The molecule has 0 bridgehead atoms. The van der Waals surface area contributed by atoms with E-state index in [1.165, 1.54) is 19.4 Å². The highest BCUT2D eigenvalue weighted by Gasteiger charge is 1.98. The fourth-order valence-corrected chi connectivity index (χ4v) is 2.15. The first kappa shape index (κ1) is 15.1. The van der Waals surface area contributed by atoms with Gasteiger partial charge in [-0.2, -0.15) is 0 Å². The van der Waals surface area contributed by atoms with E-state index in [0.29, 0.717) is 4.64 Å². The molecule has 0 saturated heterocycles. The molecule has 0 atom stereocenters. The van der Waals surface area contributed by atoms with Crippen LogP contribution >= 0.6 is 12.2 Å². The maximum absolute atomic E-state index is 5.08. The summed E-state index contributed by atoms with van der Waals surface area (Å²) in [7, 11) is 0. The first-order chi connectivity index (χ1) is 8.65. The number of anilines is 1. The van der Waals surface area contributed by atoms with Crippen molar-refractivity contribution >= 4 is 18.0 Å². The fourth-order valence-electron chi connectivity index (χ4n) is 1.90. The van der Waals surface area contributed by atoms with Crippen LogP contribution in [0.5, 0.6) is 0 Å². The van der Waals surface area contributed by atoms with Crippen LogP contribution in [-0.4, -0.2) is 41.0 Å². The van der Waals surface area contributed by atoms with Crippen LogP contribution in [0.1, 0.15) is 32.5 Å². The van der Waals surface area contributed by atoms with Gasteiger partial charge in [0.2, 0.25) is 0 Å². The molecule has 1 aromatic heterocycles. The summed E-state index contributed by atoms with van der Waals surface area (Å²) in [4.78, 5) is 9.76. The molecule has 102 valence electrons. The second kappa shape index (κ2) is 8.21. The molecule has 0 aliphatic heterocycles. The Morgan fingerprint density at radius 2 is 2.06 bits per heavy atom. The Kier molecular flexibility index (Phi) is 6.90. The van der Waals surface area contributed by atoms with Gasteiger partial charge in [0, 0.05) is 12.6 Å². The molecule has 0 saturated carbocycles. The number of unbranched alkanes of at least 4 members (excludes halogenated alkanes) is 1. The van der Waals surface area contributed by atoms with Crippen LogP contribution in [0, 0.1) is 11.6 Å². The number of hydrogen-bond acceptors (Lipinski definition) is 4. The Bertz CT molecular complexity index is 398. The molecule has 1 rings (SSSR count). The number of aromatic amines is 1. The summed E-state index contributed by atoms with van der Waals surface area (Å²) in [5.74, 6) is 1.82. The Morgan fingerprint density at radius 3 is 2.67 bits per heavy atom. The summed E-state index contributed by atoms with van der Waals surface area (Å²) in [5.41, 5.74) is 0. The van der Waals surface area contributed by atoms with Crippen molar-refractivity contribution in [1.29, 1.82) is 0 Å². The van der Waals surface area contributed by atoms with Crippen LogP contribution in [-0.2, 0) is 0 Å². The molecule has 0 radical (unpaired) electrons. The van der Waals surface area contributed by atoms with Crippen molar-refractivity contribution in [1.82, 2.24) is 14.9 Å².